The zero-order chi connectivity index (χ0) is 16.3. The van der Waals surface area contributed by atoms with Crippen LogP contribution in [0.3, 0.4) is 0 Å². The van der Waals surface area contributed by atoms with Crippen molar-refractivity contribution in [2.45, 2.75) is 26.3 Å². The SMILES string of the molecule is CC(C)[C@@H](NC(=O)Cc1cc(Cl)c2c(c1)OCCO2)C(=O)O. The van der Waals surface area contributed by atoms with Crippen LogP contribution in [-0.4, -0.2) is 36.2 Å². The van der Waals surface area contributed by atoms with Crippen molar-refractivity contribution in [2.75, 3.05) is 13.2 Å². The van der Waals surface area contributed by atoms with Gasteiger partial charge in [-0.1, -0.05) is 25.4 Å². The highest BCUT2D eigenvalue weighted by Crippen LogP contribution is 2.38. The monoisotopic (exact) mass is 327 g/mol. The van der Waals surface area contributed by atoms with Gasteiger partial charge in [-0.2, -0.15) is 0 Å². The molecule has 0 radical (unpaired) electrons. The molecule has 1 amide bonds. The maximum Gasteiger partial charge on any atom is 0.326 e. The molecular weight excluding hydrogens is 310 g/mol. The Labute approximate surface area is 133 Å². The first-order valence-corrected chi connectivity index (χ1v) is 7.36. The van der Waals surface area contributed by atoms with Crippen LogP contribution in [0, 0.1) is 5.92 Å². The number of carboxylic acid groups (broad SMARTS) is 1. The summed E-state index contributed by atoms with van der Waals surface area (Å²) < 4.78 is 10.9. The van der Waals surface area contributed by atoms with Gasteiger partial charge >= 0.3 is 5.97 Å². The Bertz CT molecular complexity index is 588. The van der Waals surface area contributed by atoms with Gasteiger partial charge in [-0.3, -0.25) is 4.79 Å². The highest BCUT2D eigenvalue weighted by atomic mass is 35.5. The lowest BCUT2D eigenvalue weighted by atomic mass is 10.0. The molecule has 0 saturated heterocycles. The number of halogens is 1. The quantitative estimate of drug-likeness (QED) is 0.862. The number of fused-ring (bicyclic) bond motifs is 1. The average Bonchev–Trinajstić information content (AvgIpc) is 2.44. The van der Waals surface area contributed by atoms with Crippen molar-refractivity contribution in [1.29, 1.82) is 0 Å². The van der Waals surface area contributed by atoms with Gasteiger partial charge in [0.1, 0.15) is 19.3 Å². The zero-order valence-electron chi connectivity index (χ0n) is 12.4. The molecule has 1 aliphatic rings. The van der Waals surface area contributed by atoms with Crippen LogP contribution in [0.5, 0.6) is 11.5 Å². The molecule has 0 fully saturated rings. The van der Waals surface area contributed by atoms with Gasteiger partial charge in [-0.05, 0) is 23.6 Å². The normalized spacial score (nSPS) is 14.5. The molecule has 6 nitrogen and oxygen atoms in total. The predicted octanol–water partition coefficient (Wildman–Crippen LogP) is 1.88. The number of ether oxygens (including phenoxy) is 2. The fourth-order valence-electron chi connectivity index (χ4n) is 2.19. The highest BCUT2D eigenvalue weighted by molar-refractivity contribution is 6.32. The third-order valence-electron chi connectivity index (χ3n) is 3.27. The van der Waals surface area contributed by atoms with Crippen LogP contribution < -0.4 is 14.8 Å². The Morgan fingerprint density at radius 3 is 2.64 bits per heavy atom. The topological polar surface area (TPSA) is 84.9 Å². The first kappa shape index (κ1) is 16.4. The van der Waals surface area contributed by atoms with E-state index in [9.17, 15) is 9.59 Å². The summed E-state index contributed by atoms with van der Waals surface area (Å²) in [6.07, 6.45) is 0.0207. The number of rotatable bonds is 5. The molecule has 2 rings (SSSR count). The maximum absolute atomic E-state index is 12.0. The third kappa shape index (κ3) is 3.82. The van der Waals surface area contributed by atoms with Crippen molar-refractivity contribution >= 4 is 23.5 Å². The molecular formula is C15H18ClNO5. The van der Waals surface area contributed by atoms with E-state index in [0.29, 0.717) is 35.3 Å². The van der Waals surface area contributed by atoms with Crippen molar-refractivity contribution in [1.82, 2.24) is 5.32 Å². The number of hydrogen-bond acceptors (Lipinski definition) is 4. The number of hydrogen-bond donors (Lipinski definition) is 2. The van der Waals surface area contributed by atoms with Crippen LogP contribution >= 0.6 is 11.6 Å². The maximum atomic E-state index is 12.0. The Balaban J connectivity index is 2.08. The van der Waals surface area contributed by atoms with Crippen molar-refractivity contribution in [3.8, 4) is 11.5 Å². The van der Waals surface area contributed by atoms with E-state index in [4.69, 9.17) is 26.2 Å². The number of carbonyl (C=O) groups excluding carboxylic acids is 1. The van der Waals surface area contributed by atoms with E-state index in [-0.39, 0.29) is 18.2 Å². The Hall–Kier alpha value is -1.95. The molecule has 0 aromatic heterocycles. The lowest BCUT2D eigenvalue weighted by Gasteiger charge is -2.21. The third-order valence-corrected chi connectivity index (χ3v) is 3.55. The summed E-state index contributed by atoms with van der Waals surface area (Å²) in [6.45, 7) is 4.33. The summed E-state index contributed by atoms with van der Waals surface area (Å²) >= 11 is 6.11. The van der Waals surface area contributed by atoms with Gasteiger partial charge in [0, 0.05) is 0 Å². The molecule has 1 aromatic carbocycles. The number of amides is 1. The van der Waals surface area contributed by atoms with Gasteiger partial charge in [0.05, 0.1) is 11.4 Å². The lowest BCUT2D eigenvalue weighted by Crippen LogP contribution is -2.44. The van der Waals surface area contributed by atoms with Crippen LogP contribution in [0.4, 0.5) is 0 Å². The summed E-state index contributed by atoms with van der Waals surface area (Å²) in [6, 6.07) is 2.39. The van der Waals surface area contributed by atoms with Crippen LogP contribution in [0.2, 0.25) is 5.02 Å². The highest BCUT2D eigenvalue weighted by Gasteiger charge is 2.24. The molecule has 0 unspecified atom stereocenters. The van der Waals surface area contributed by atoms with Crippen LogP contribution in [0.25, 0.3) is 0 Å². The van der Waals surface area contributed by atoms with Crippen molar-refractivity contribution in [3.63, 3.8) is 0 Å². The van der Waals surface area contributed by atoms with Crippen molar-refractivity contribution < 1.29 is 24.2 Å². The number of carboxylic acids is 1. The molecule has 1 heterocycles. The van der Waals surface area contributed by atoms with Gasteiger partial charge in [0.15, 0.2) is 11.5 Å². The molecule has 0 saturated carbocycles. The average molecular weight is 328 g/mol. The largest absolute Gasteiger partial charge is 0.486 e. The summed E-state index contributed by atoms with van der Waals surface area (Å²) in [5.74, 6) is -0.662. The second kappa shape index (κ2) is 6.87. The number of aliphatic carboxylic acids is 1. The van der Waals surface area contributed by atoms with E-state index in [1.165, 1.54) is 0 Å². The standard InChI is InChI=1S/C15H18ClNO5/c1-8(2)13(15(19)20)17-12(18)7-9-5-10(16)14-11(6-9)21-3-4-22-14/h5-6,8,13H,3-4,7H2,1-2H3,(H,17,18)(H,19,20)/t13-/m1/s1. The minimum absolute atomic E-state index is 0.0207. The van der Waals surface area contributed by atoms with E-state index >= 15 is 0 Å². The zero-order valence-corrected chi connectivity index (χ0v) is 13.1. The van der Waals surface area contributed by atoms with Gasteiger partial charge in [0.2, 0.25) is 5.91 Å². The van der Waals surface area contributed by atoms with E-state index in [2.05, 4.69) is 5.32 Å². The molecule has 0 aliphatic carbocycles. The molecule has 1 aromatic rings. The van der Waals surface area contributed by atoms with E-state index in [1.807, 2.05) is 0 Å². The summed E-state index contributed by atoms with van der Waals surface area (Å²) in [5.41, 5.74) is 0.639. The Kier molecular flexibility index (Phi) is 5.13. The summed E-state index contributed by atoms with van der Waals surface area (Å²) in [4.78, 5) is 23.1. The van der Waals surface area contributed by atoms with Crippen LogP contribution in [-0.2, 0) is 16.0 Å². The van der Waals surface area contributed by atoms with Crippen LogP contribution in [0.1, 0.15) is 19.4 Å². The Morgan fingerprint density at radius 2 is 2.00 bits per heavy atom. The van der Waals surface area contributed by atoms with E-state index in [0.717, 1.165) is 0 Å². The fourth-order valence-corrected chi connectivity index (χ4v) is 2.48. The number of nitrogens with one attached hydrogen (secondary N) is 1. The van der Waals surface area contributed by atoms with E-state index in [1.54, 1.807) is 26.0 Å². The molecule has 7 heteroatoms. The second-order valence-corrected chi connectivity index (χ2v) is 5.81. The van der Waals surface area contributed by atoms with Gasteiger partial charge in [-0.15, -0.1) is 0 Å². The van der Waals surface area contributed by atoms with Crippen LogP contribution in [0.15, 0.2) is 12.1 Å². The molecule has 0 spiro atoms. The molecule has 1 aliphatic heterocycles. The fraction of sp³-hybridized carbons (Fsp3) is 0.467. The lowest BCUT2D eigenvalue weighted by molar-refractivity contribution is -0.143. The van der Waals surface area contributed by atoms with Gasteiger partial charge < -0.3 is 19.9 Å². The summed E-state index contributed by atoms with van der Waals surface area (Å²) in [7, 11) is 0. The Morgan fingerprint density at radius 1 is 1.32 bits per heavy atom. The minimum atomic E-state index is -1.05. The van der Waals surface area contributed by atoms with E-state index < -0.39 is 12.0 Å². The summed E-state index contributed by atoms with van der Waals surface area (Å²) in [5, 5.41) is 12.0. The van der Waals surface area contributed by atoms with Crippen molar-refractivity contribution in [2.24, 2.45) is 5.92 Å². The molecule has 0 bridgehead atoms. The first-order valence-electron chi connectivity index (χ1n) is 6.98. The first-order chi connectivity index (χ1) is 10.4. The minimum Gasteiger partial charge on any atom is -0.486 e. The molecule has 120 valence electrons. The van der Waals surface area contributed by atoms with Crippen molar-refractivity contribution in [3.05, 3.63) is 22.7 Å². The van der Waals surface area contributed by atoms with Gasteiger partial charge in [0.25, 0.3) is 0 Å². The predicted molar refractivity (Wildman–Crippen MR) is 80.6 cm³/mol. The number of carbonyl (C=O) groups is 2. The smallest absolute Gasteiger partial charge is 0.326 e. The number of benzene rings is 1. The second-order valence-electron chi connectivity index (χ2n) is 5.41. The molecule has 22 heavy (non-hydrogen) atoms. The molecule has 2 N–H and O–H groups in total. The molecule has 1 atom stereocenters. The van der Waals surface area contributed by atoms with Gasteiger partial charge in [-0.25, -0.2) is 4.79 Å².